The number of dihydropyridines is 1. The Hall–Kier alpha value is -1.79. The molecule has 0 aromatic heterocycles. The number of thioether (sulfide) groups is 1. The zero-order chi connectivity index (χ0) is 16.8. The number of ketones is 1. The Morgan fingerprint density at radius 2 is 2.08 bits per heavy atom. The van der Waals surface area contributed by atoms with Crippen LogP contribution in [-0.4, -0.2) is 16.5 Å². The minimum absolute atomic E-state index is 0.108. The Labute approximate surface area is 148 Å². The fourth-order valence-electron chi connectivity index (χ4n) is 3.66. The average Bonchev–Trinajstić information content (AvgIpc) is 3.01. The average molecular weight is 363 g/mol. The molecule has 0 spiro atoms. The lowest BCUT2D eigenvalue weighted by atomic mass is 9.79. The van der Waals surface area contributed by atoms with E-state index in [-0.39, 0.29) is 22.4 Å². The van der Waals surface area contributed by atoms with E-state index in [0.717, 1.165) is 52.5 Å². The number of nitro groups is 1. The highest BCUT2D eigenvalue weighted by Gasteiger charge is 2.39. The predicted molar refractivity (Wildman–Crippen MR) is 94.0 cm³/mol. The summed E-state index contributed by atoms with van der Waals surface area (Å²) in [6.45, 7) is 0. The summed E-state index contributed by atoms with van der Waals surface area (Å²) in [4.78, 5) is 24.5. The zero-order valence-electron chi connectivity index (χ0n) is 12.8. The maximum Gasteiger partial charge on any atom is 0.288 e. The lowest BCUT2D eigenvalue weighted by Crippen LogP contribution is -2.30. The summed E-state index contributed by atoms with van der Waals surface area (Å²) in [5, 5.41) is 14.8. The second-order valence-electron chi connectivity index (χ2n) is 6.14. The van der Waals surface area contributed by atoms with E-state index in [2.05, 4.69) is 5.32 Å². The Morgan fingerprint density at radius 1 is 1.25 bits per heavy atom. The molecule has 3 aliphatic rings. The first-order chi connectivity index (χ1) is 11.6. The van der Waals surface area contributed by atoms with E-state index in [1.165, 1.54) is 6.07 Å². The molecule has 2 heterocycles. The number of nitrogens with zero attached hydrogens (tertiary/aromatic N) is 1. The van der Waals surface area contributed by atoms with Crippen LogP contribution in [0, 0.1) is 10.1 Å². The van der Waals surface area contributed by atoms with Crippen LogP contribution < -0.4 is 5.32 Å². The van der Waals surface area contributed by atoms with Crippen LogP contribution >= 0.6 is 23.4 Å². The number of carbonyl (C=O) groups excluding carboxylic acids is 1. The monoisotopic (exact) mass is 362 g/mol. The smallest absolute Gasteiger partial charge is 0.288 e. The van der Waals surface area contributed by atoms with Crippen molar-refractivity contribution in [3.05, 3.63) is 60.8 Å². The largest absolute Gasteiger partial charge is 0.361 e. The van der Waals surface area contributed by atoms with Gasteiger partial charge in [-0.05, 0) is 30.9 Å². The van der Waals surface area contributed by atoms with Crippen molar-refractivity contribution in [1.29, 1.82) is 0 Å². The number of hydrogen-bond acceptors (Lipinski definition) is 5. The molecular formula is C17H15ClN2O3S. The Kier molecular flexibility index (Phi) is 3.89. The minimum Gasteiger partial charge on any atom is -0.361 e. The first kappa shape index (κ1) is 15.7. The number of Topliss-reactive ketones (excluding diaryl/α,β-unsaturated/α-hetero) is 1. The molecule has 4 rings (SSSR count). The zero-order valence-corrected chi connectivity index (χ0v) is 14.4. The van der Waals surface area contributed by atoms with Crippen molar-refractivity contribution in [2.45, 2.75) is 31.6 Å². The van der Waals surface area contributed by atoms with E-state index in [4.69, 9.17) is 11.6 Å². The number of benzene rings is 1. The Balaban J connectivity index is 1.88. The molecule has 24 heavy (non-hydrogen) atoms. The van der Waals surface area contributed by atoms with Gasteiger partial charge in [0.25, 0.3) is 5.69 Å². The van der Waals surface area contributed by atoms with Gasteiger partial charge in [-0.15, -0.1) is 11.8 Å². The molecule has 5 nitrogen and oxygen atoms in total. The SMILES string of the molecule is O=C1CCCC2=C1[C@H](c1ccc(Cl)c([N+](=O)[O-])c1)C1=C(CCS1)N2. The summed E-state index contributed by atoms with van der Waals surface area (Å²) in [7, 11) is 0. The van der Waals surface area contributed by atoms with Crippen LogP contribution in [0.2, 0.25) is 5.02 Å². The third-order valence-electron chi connectivity index (χ3n) is 4.72. The highest BCUT2D eigenvalue weighted by molar-refractivity contribution is 8.03. The summed E-state index contributed by atoms with van der Waals surface area (Å²) in [6.07, 6.45) is 3.19. The van der Waals surface area contributed by atoms with E-state index in [1.54, 1.807) is 23.9 Å². The van der Waals surface area contributed by atoms with Gasteiger partial charge < -0.3 is 5.32 Å². The van der Waals surface area contributed by atoms with Gasteiger partial charge in [0.2, 0.25) is 0 Å². The lowest BCUT2D eigenvalue weighted by Gasteiger charge is -2.33. The molecule has 1 atom stereocenters. The Morgan fingerprint density at radius 3 is 2.88 bits per heavy atom. The van der Waals surface area contributed by atoms with Gasteiger partial charge in [-0.3, -0.25) is 14.9 Å². The number of allylic oxidation sites excluding steroid dienone is 4. The molecule has 0 fully saturated rings. The van der Waals surface area contributed by atoms with Crippen molar-refractivity contribution < 1.29 is 9.72 Å². The molecule has 0 amide bonds. The van der Waals surface area contributed by atoms with Gasteiger partial charge in [0.1, 0.15) is 5.02 Å². The molecule has 0 saturated carbocycles. The fraction of sp³-hybridized carbons (Fsp3) is 0.353. The summed E-state index contributed by atoms with van der Waals surface area (Å²) >= 11 is 7.69. The van der Waals surface area contributed by atoms with Crippen molar-refractivity contribution >= 4 is 34.8 Å². The predicted octanol–water partition coefficient (Wildman–Crippen LogP) is 4.29. The molecule has 0 unspecified atom stereocenters. The number of halogens is 1. The molecule has 1 aliphatic carbocycles. The molecule has 7 heteroatoms. The van der Waals surface area contributed by atoms with Gasteiger partial charge >= 0.3 is 0 Å². The molecular weight excluding hydrogens is 348 g/mol. The first-order valence-corrected chi connectivity index (χ1v) is 9.25. The van der Waals surface area contributed by atoms with Crippen molar-refractivity contribution in [3.8, 4) is 0 Å². The number of carbonyl (C=O) groups is 1. The minimum atomic E-state index is -0.470. The van der Waals surface area contributed by atoms with Crippen LogP contribution in [0.3, 0.4) is 0 Å². The lowest BCUT2D eigenvalue weighted by molar-refractivity contribution is -0.384. The number of rotatable bonds is 2. The van der Waals surface area contributed by atoms with Gasteiger partial charge in [0, 0.05) is 46.0 Å². The molecule has 0 bridgehead atoms. The van der Waals surface area contributed by atoms with Gasteiger partial charge in [0.15, 0.2) is 5.78 Å². The van der Waals surface area contributed by atoms with E-state index in [0.29, 0.717) is 6.42 Å². The van der Waals surface area contributed by atoms with E-state index >= 15 is 0 Å². The van der Waals surface area contributed by atoms with Gasteiger partial charge in [-0.2, -0.15) is 0 Å². The number of nitrogens with one attached hydrogen (secondary N) is 1. The topological polar surface area (TPSA) is 72.2 Å². The fourth-order valence-corrected chi connectivity index (χ4v) is 5.12. The van der Waals surface area contributed by atoms with Crippen LogP contribution in [-0.2, 0) is 4.79 Å². The van der Waals surface area contributed by atoms with Gasteiger partial charge in [0.05, 0.1) is 4.92 Å². The molecule has 2 aliphatic heterocycles. The second-order valence-corrected chi connectivity index (χ2v) is 7.68. The van der Waals surface area contributed by atoms with Gasteiger partial charge in [-0.1, -0.05) is 17.7 Å². The molecule has 124 valence electrons. The second kappa shape index (κ2) is 5.93. The van der Waals surface area contributed by atoms with Crippen molar-refractivity contribution in [2.75, 3.05) is 5.75 Å². The normalized spacial score (nSPS) is 23.0. The Bertz CT molecular complexity index is 831. The van der Waals surface area contributed by atoms with E-state index in [1.807, 2.05) is 0 Å². The van der Waals surface area contributed by atoms with Crippen molar-refractivity contribution in [3.63, 3.8) is 0 Å². The standard InChI is InChI=1S/C17H15ClN2O3S/c18-10-5-4-9(8-13(10)20(22)23)15-16-11(2-1-3-14(16)21)19-12-6-7-24-17(12)15/h4-5,8,15,19H,1-3,6-7H2/t15-/m0/s1. The summed E-state index contributed by atoms with van der Waals surface area (Å²) < 4.78 is 0. The van der Waals surface area contributed by atoms with Crippen molar-refractivity contribution in [2.24, 2.45) is 0 Å². The summed E-state index contributed by atoms with van der Waals surface area (Å²) in [5.74, 6) is 0.913. The quantitative estimate of drug-likeness (QED) is 0.627. The summed E-state index contributed by atoms with van der Waals surface area (Å²) in [6, 6.07) is 4.89. The molecule has 1 N–H and O–H groups in total. The molecule has 1 aromatic rings. The van der Waals surface area contributed by atoms with Crippen LogP contribution in [0.5, 0.6) is 0 Å². The molecule has 1 aromatic carbocycles. The highest BCUT2D eigenvalue weighted by Crippen LogP contribution is 2.50. The summed E-state index contributed by atoms with van der Waals surface area (Å²) in [5.41, 5.74) is 3.61. The number of nitro benzene ring substituents is 1. The van der Waals surface area contributed by atoms with Crippen LogP contribution in [0.15, 0.2) is 40.1 Å². The molecule has 0 radical (unpaired) electrons. The molecule has 0 saturated heterocycles. The third kappa shape index (κ3) is 2.45. The number of hydrogen-bond donors (Lipinski definition) is 1. The van der Waals surface area contributed by atoms with Crippen LogP contribution in [0.1, 0.15) is 37.2 Å². The van der Waals surface area contributed by atoms with Crippen LogP contribution in [0.4, 0.5) is 5.69 Å². The van der Waals surface area contributed by atoms with Crippen LogP contribution in [0.25, 0.3) is 0 Å². The highest BCUT2D eigenvalue weighted by atomic mass is 35.5. The van der Waals surface area contributed by atoms with Gasteiger partial charge in [-0.25, -0.2) is 0 Å². The maximum absolute atomic E-state index is 12.6. The third-order valence-corrected chi connectivity index (χ3v) is 6.24. The van der Waals surface area contributed by atoms with E-state index < -0.39 is 4.92 Å². The van der Waals surface area contributed by atoms with E-state index in [9.17, 15) is 14.9 Å². The first-order valence-electron chi connectivity index (χ1n) is 7.89. The van der Waals surface area contributed by atoms with Crippen molar-refractivity contribution in [1.82, 2.24) is 5.32 Å². The maximum atomic E-state index is 12.6.